The fourth-order valence-corrected chi connectivity index (χ4v) is 3.10. The molecule has 0 aliphatic heterocycles. The molecule has 1 aromatic rings. The van der Waals surface area contributed by atoms with Gasteiger partial charge in [0, 0.05) is 11.4 Å². The normalized spacial score (nSPS) is 21.8. The topological polar surface area (TPSA) is 92.4 Å². The van der Waals surface area contributed by atoms with Crippen LogP contribution >= 0.6 is 11.6 Å². The van der Waals surface area contributed by atoms with Crippen molar-refractivity contribution in [1.29, 1.82) is 0 Å². The fraction of sp³-hybridized carbons (Fsp3) is 0.556. The predicted molar refractivity (Wildman–Crippen MR) is 96.1 cm³/mol. The largest absolute Gasteiger partial charge is 0.480 e. The van der Waals surface area contributed by atoms with E-state index in [1.807, 2.05) is 31.3 Å². The van der Waals surface area contributed by atoms with Crippen LogP contribution in [0.1, 0.15) is 45.1 Å². The van der Waals surface area contributed by atoms with E-state index in [0.717, 1.165) is 24.8 Å². The number of hydrogen-bond donors (Lipinski definition) is 3. The molecule has 0 radical (unpaired) electrons. The van der Waals surface area contributed by atoms with Gasteiger partial charge in [0.1, 0.15) is 11.6 Å². The van der Waals surface area contributed by atoms with Crippen LogP contribution in [0.4, 0.5) is 0 Å². The molecular formula is C18H27ClN2O3. The molecule has 2 atom stereocenters. The minimum atomic E-state index is -0.931. The maximum absolute atomic E-state index is 12.2. The van der Waals surface area contributed by atoms with Crippen molar-refractivity contribution >= 4 is 23.4 Å². The highest BCUT2D eigenvalue weighted by Crippen LogP contribution is 2.37. The second kappa shape index (κ2) is 9.16. The lowest BCUT2D eigenvalue weighted by Crippen LogP contribution is -2.49. The second-order valence-electron chi connectivity index (χ2n) is 6.37. The van der Waals surface area contributed by atoms with Crippen molar-refractivity contribution in [3.05, 3.63) is 34.9 Å². The Bertz CT molecular complexity index is 577. The Morgan fingerprint density at radius 1 is 1.33 bits per heavy atom. The average molecular weight is 355 g/mol. The average Bonchev–Trinajstić information content (AvgIpc) is 2.56. The van der Waals surface area contributed by atoms with Gasteiger partial charge >= 0.3 is 5.97 Å². The number of rotatable bonds is 4. The van der Waals surface area contributed by atoms with Gasteiger partial charge < -0.3 is 16.2 Å². The van der Waals surface area contributed by atoms with Gasteiger partial charge in [0.2, 0.25) is 0 Å². The molecule has 4 N–H and O–H groups in total. The molecule has 0 spiro atoms. The highest BCUT2D eigenvalue weighted by atomic mass is 35.5. The molecule has 0 bridgehead atoms. The number of carboxylic acid groups (broad SMARTS) is 1. The highest BCUT2D eigenvalue weighted by Gasteiger charge is 2.41. The third-order valence-corrected chi connectivity index (χ3v) is 4.78. The molecule has 1 fully saturated rings. The first-order valence-electron chi connectivity index (χ1n) is 8.22. The van der Waals surface area contributed by atoms with E-state index >= 15 is 0 Å². The van der Waals surface area contributed by atoms with Crippen LogP contribution in [0.3, 0.4) is 0 Å². The van der Waals surface area contributed by atoms with Crippen LogP contribution in [0.15, 0.2) is 24.3 Å². The van der Waals surface area contributed by atoms with Crippen LogP contribution < -0.4 is 11.1 Å². The number of nitrogens with one attached hydrogen (secondary N) is 1. The first kappa shape index (κ1) is 20.6. The van der Waals surface area contributed by atoms with E-state index in [4.69, 9.17) is 22.4 Å². The van der Waals surface area contributed by atoms with E-state index in [1.165, 1.54) is 0 Å². The van der Waals surface area contributed by atoms with Gasteiger partial charge in [0.15, 0.2) is 5.78 Å². The summed E-state index contributed by atoms with van der Waals surface area (Å²) in [5.41, 5.74) is 5.52. The molecule has 2 rings (SSSR count). The number of likely N-dealkylation sites (N-methyl/N-ethyl adjacent to an activating group) is 1. The summed E-state index contributed by atoms with van der Waals surface area (Å²) in [6, 6.07) is 6.90. The van der Waals surface area contributed by atoms with E-state index < -0.39 is 17.6 Å². The lowest BCUT2D eigenvalue weighted by atomic mass is 9.75. The van der Waals surface area contributed by atoms with Crippen LogP contribution in [0.2, 0.25) is 5.02 Å². The zero-order valence-electron chi connectivity index (χ0n) is 14.5. The summed E-state index contributed by atoms with van der Waals surface area (Å²) in [6.45, 7) is 3.55. The van der Waals surface area contributed by atoms with E-state index in [1.54, 1.807) is 13.8 Å². The van der Waals surface area contributed by atoms with Crippen LogP contribution in [-0.4, -0.2) is 29.9 Å². The number of carboxylic acids is 1. The smallest absolute Gasteiger partial charge is 0.320 e. The summed E-state index contributed by atoms with van der Waals surface area (Å²) in [4.78, 5) is 22.2. The van der Waals surface area contributed by atoms with Crippen molar-refractivity contribution < 1.29 is 14.7 Å². The number of carbonyl (C=O) groups is 2. The Morgan fingerprint density at radius 3 is 2.38 bits per heavy atom. The number of carbonyl (C=O) groups excluding carboxylic acids is 1. The van der Waals surface area contributed by atoms with Crippen molar-refractivity contribution in [2.45, 2.75) is 51.1 Å². The quantitative estimate of drug-likeness (QED) is 0.773. The maximum Gasteiger partial charge on any atom is 0.320 e. The molecule has 0 amide bonds. The molecule has 1 saturated carbocycles. The summed E-state index contributed by atoms with van der Waals surface area (Å²) in [6.07, 6.45) is 3.54. The van der Waals surface area contributed by atoms with Crippen molar-refractivity contribution in [3.63, 3.8) is 0 Å². The Labute approximate surface area is 148 Å². The van der Waals surface area contributed by atoms with Crippen molar-refractivity contribution in [2.75, 3.05) is 7.05 Å². The SMILES string of the molecule is CC(C)[C@H](N)C(=O)O.CNC1(c2ccccc2Cl)CCCCC1=O. The Kier molecular flexibility index (Phi) is 7.87. The molecule has 5 nitrogen and oxygen atoms in total. The molecule has 24 heavy (non-hydrogen) atoms. The number of ketones is 1. The number of benzene rings is 1. The molecule has 134 valence electrons. The molecule has 0 aromatic heterocycles. The summed E-state index contributed by atoms with van der Waals surface area (Å²) in [5, 5.41) is 12.1. The molecule has 1 aliphatic carbocycles. The van der Waals surface area contributed by atoms with E-state index in [2.05, 4.69) is 5.32 Å². The number of hydrogen-bond acceptors (Lipinski definition) is 4. The van der Waals surface area contributed by atoms with E-state index in [9.17, 15) is 9.59 Å². The van der Waals surface area contributed by atoms with Crippen LogP contribution in [0, 0.1) is 5.92 Å². The van der Waals surface area contributed by atoms with Gasteiger partial charge in [0.05, 0.1) is 0 Å². The first-order valence-corrected chi connectivity index (χ1v) is 8.59. The molecule has 1 aliphatic rings. The van der Waals surface area contributed by atoms with Crippen LogP contribution in [-0.2, 0) is 15.1 Å². The van der Waals surface area contributed by atoms with Gasteiger partial charge in [-0.15, -0.1) is 0 Å². The molecule has 1 aromatic carbocycles. The van der Waals surface area contributed by atoms with Gasteiger partial charge in [-0.05, 0) is 37.4 Å². The zero-order valence-corrected chi connectivity index (χ0v) is 15.3. The third-order valence-electron chi connectivity index (χ3n) is 4.45. The summed E-state index contributed by atoms with van der Waals surface area (Å²) >= 11 is 6.20. The summed E-state index contributed by atoms with van der Waals surface area (Å²) in [7, 11) is 1.84. The minimum Gasteiger partial charge on any atom is -0.480 e. The standard InChI is InChI=1S/C13H16ClNO.C5H11NO2/c1-15-13(9-5-4-8-12(13)16)10-6-2-3-7-11(10)14;1-3(2)4(6)5(7)8/h2-3,6-7,15H,4-5,8-9H2,1H3;3-4H,6H2,1-2H3,(H,7,8)/t;4-/m.0/s1. The summed E-state index contributed by atoms with van der Waals surface area (Å²) in [5.74, 6) is -0.651. The number of Topliss-reactive ketones (excluding diaryl/α,β-unsaturated/α-hetero) is 1. The Morgan fingerprint density at radius 2 is 1.96 bits per heavy atom. The monoisotopic (exact) mass is 354 g/mol. The number of nitrogens with two attached hydrogens (primary N) is 1. The Balaban J connectivity index is 0.000000307. The highest BCUT2D eigenvalue weighted by molar-refractivity contribution is 6.31. The lowest BCUT2D eigenvalue weighted by Gasteiger charge is -2.36. The van der Waals surface area contributed by atoms with Crippen molar-refractivity contribution in [1.82, 2.24) is 5.32 Å². The second-order valence-corrected chi connectivity index (χ2v) is 6.78. The van der Waals surface area contributed by atoms with Gasteiger partial charge in [-0.25, -0.2) is 0 Å². The molecule has 0 saturated heterocycles. The molecule has 1 unspecified atom stereocenters. The number of aliphatic carboxylic acids is 1. The predicted octanol–water partition coefficient (Wildman–Crippen LogP) is 2.95. The molecule has 0 heterocycles. The fourth-order valence-electron chi connectivity index (χ4n) is 2.80. The van der Waals surface area contributed by atoms with Crippen LogP contribution in [0.25, 0.3) is 0 Å². The minimum absolute atomic E-state index is 0.0208. The third kappa shape index (κ3) is 4.79. The number of halogens is 1. The van der Waals surface area contributed by atoms with Gasteiger partial charge in [-0.3, -0.25) is 9.59 Å². The molecule has 6 heteroatoms. The zero-order chi connectivity index (χ0) is 18.3. The van der Waals surface area contributed by atoms with Crippen molar-refractivity contribution in [3.8, 4) is 0 Å². The van der Waals surface area contributed by atoms with Gasteiger partial charge in [-0.2, -0.15) is 0 Å². The molecular weight excluding hydrogens is 328 g/mol. The maximum atomic E-state index is 12.2. The van der Waals surface area contributed by atoms with Gasteiger partial charge in [-0.1, -0.05) is 50.1 Å². The van der Waals surface area contributed by atoms with Gasteiger partial charge in [0.25, 0.3) is 0 Å². The van der Waals surface area contributed by atoms with E-state index in [0.29, 0.717) is 11.4 Å². The van der Waals surface area contributed by atoms with E-state index in [-0.39, 0.29) is 11.7 Å². The lowest BCUT2D eigenvalue weighted by molar-refractivity contribution is -0.139. The van der Waals surface area contributed by atoms with Crippen molar-refractivity contribution in [2.24, 2.45) is 11.7 Å². The summed E-state index contributed by atoms with van der Waals surface area (Å²) < 4.78 is 0. The first-order chi connectivity index (χ1) is 11.3. The van der Waals surface area contributed by atoms with Crippen LogP contribution in [0.5, 0.6) is 0 Å². The Hall–Kier alpha value is -1.43.